The molecule has 6 nitrogen and oxygen atoms in total. The van der Waals surface area contributed by atoms with Crippen LogP contribution in [0.5, 0.6) is 0 Å². The fraction of sp³-hybridized carbons (Fsp3) is 0.462. The average Bonchev–Trinajstić information content (AvgIpc) is 2.69. The highest BCUT2D eigenvalue weighted by Crippen LogP contribution is 2.34. The van der Waals surface area contributed by atoms with Crippen molar-refractivity contribution in [2.75, 3.05) is 6.54 Å². The van der Waals surface area contributed by atoms with E-state index in [1.165, 1.54) is 0 Å². The van der Waals surface area contributed by atoms with Crippen LogP contribution < -0.4 is 11.1 Å². The van der Waals surface area contributed by atoms with Crippen LogP contribution in [0.3, 0.4) is 0 Å². The smallest absolute Gasteiger partial charge is 0.249 e. The fourth-order valence-corrected chi connectivity index (χ4v) is 2.94. The Morgan fingerprint density at radius 1 is 1.32 bits per heavy atom. The highest BCUT2D eigenvalue weighted by Gasteiger charge is 2.44. The van der Waals surface area contributed by atoms with Gasteiger partial charge in [-0.2, -0.15) is 0 Å². The number of carbonyl (C=O) groups is 3. The number of amides is 3. The van der Waals surface area contributed by atoms with Crippen LogP contribution in [-0.2, 0) is 14.4 Å². The number of nitrogens with zero attached hydrogens (tertiary/aromatic N) is 1. The summed E-state index contributed by atoms with van der Waals surface area (Å²) in [6.07, 6.45) is 5.00. The zero-order chi connectivity index (χ0) is 13.6. The van der Waals surface area contributed by atoms with E-state index >= 15 is 0 Å². The molecule has 100 valence electrons. The van der Waals surface area contributed by atoms with Gasteiger partial charge in [-0.15, -0.1) is 0 Å². The lowest BCUT2D eigenvalue weighted by Gasteiger charge is -2.29. The van der Waals surface area contributed by atoms with Crippen molar-refractivity contribution < 1.29 is 14.4 Å². The molecule has 0 aromatic carbocycles. The molecule has 2 aliphatic heterocycles. The Kier molecular flexibility index (Phi) is 2.66. The first-order chi connectivity index (χ1) is 9.08. The first-order valence-electron chi connectivity index (χ1n) is 6.37. The van der Waals surface area contributed by atoms with Crippen molar-refractivity contribution in [1.29, 1.82) is 0 Å². The largest absolute Gasteiger partial charge is 0.399 e. The summed E-state index contributed by atoms with van der Waals surface area (Å²) < 4.78 is 0. The van der Waals surface area contributed by atoms with Crippen molar-refractivity contribution in [3.05, 3.63) is 23.4 Å². The number of fused-ring (bicyclic) bond motifs is 1. The number of imide groups is 1. The summed E-state index contributed by atoms with van der Waals surface area (Å²) >= 11 is 0. The van der Waals surface area contributed by atoms with Gasteiger partial charge in [-0.1, -0.05) is 6.08 Å². The molecule has 19 heavy (non-hydrogen) atoms. The third kappa shape index (κ3) is 1.83. The predicted octanol–water partition coefficient (Wildman–Crippen LogP) is -0.577. The van der Waals surface area contributed by atoms with E-state index in [0.717, 1.165) is 5.57 Å². The van der Waals surface area contributed by atoms with Gasteiger partial charge in [0.1, 0.15) is 6.04 Å². The van der Waals surface area contributed by atoms with E-state index in [1.807, 2.05) is 12.2 Å². The third-order valence-corrected chi connectivity index (χ3v) is 3.97. The number of allylic oxidation sites excluding steroid dienone is 2. The summed E-state index contributed by atoms with van der Waals surface area (Å²) in [6.45, 7) is 0.395. The summed E-state index contributed by atoms with van der Waals surface area (Å²) in [7, 11) is 0. The number of likely N-dealkylation sites (tertiary alicyclic amines) is 1. The first kappa shape index (κ1) is 12.0. The summed E-state index contributed by atoms with van der Waals surface area (Å²) in [5, 5.41) is 2.28. The minimum Gasteiger partial charge on any atom is -0.399 e. The monoisotopic (exact) mass is 261 g/mol. The van der Waals surface area contributed by atoms with Crippen LogP contribution in [0.25, 0.3) is 0 Å². The number of carbonyl (C=O) groups excluding carboxylic acids is 3. The second-order valence-electron chi connectivity index (χ2n) is 5.10. The molecule has 0 radical (unpaired) electrons. The third-order valence-electron chi connectivity index (χ3n) is 3.97. The SMILES string of the molecule is NC1=C2CN(C3CCC(=O)NC3=O)C(=O)C2CC=C1. The van der Waals surface area contributed by atoms with Gasteiger partial charge >= 0.3 is 0 Å². The maximum absolute atomic E-state index is 12.3. The maximum Gasteiger partial charge on any atom is 0.249 e. The van der Waals surface area contributed by atoms with E-state index in [4.69, 9.17) is 5.73 Å². The van der Waals surface area contributed by atoms with Gasteiger partial charge in [0.15, 0.2) is 0 Å². The quantitative estimate of drug-likeness (QED) is 0.618. The zero-order valence-electron chi connectivity index (χ0n) is 10.4. The lowest BCUT2D eigenvalue weighted by molar-refractivity contribution is -0.144. The van der Waals surface area contributed by atoms with E-state index in [0.29, 0.717) is 25.1 Å². The second kappa shape index (κ2) is 4.22. The van der Waals surface area contributed by atoms with Crippen molar-refractivity contribution in [3.63, 3.8) is 0 Å². The Balaban J connectivity index is 1.84. The number of nitrogens with one attached hydrogen (secondary N) is 1. The summed E-state index contributed by atoms with van der Waals surface area (Å²) in [5.74, 6) is -0.937. The molecule has 0 spiro atoms. The number of rotatable bonds is 1. The summed E-state index contributed by atoms with van der Waals surface area (Å²) in [5.41, 5.74) is 7.41. The van der Waals surface area contributed by atoms with Gasteiger partial charge in [-0.3, -0.25) is 19.7 Å². The summed E-state index contributed by atoms with van der Waals surface area (Å²) in [4.78, 5) is 36.9. The molecule has 1 aliphatic carbocycles. The van der Waals surface area contributed by atoms with Crippen molar-refractivity contribution in [2.24, 2.45) is 11.7 Å². The Labute approximate surface area is 110 Å². The molecule has 0 aromatic heterocycles. The Hall–Kier alpha value is -2.11. The normalized spacial score (nSPS) is 30.7. The van der Waals surface area contributed by atoms with Crippen LogP contribution in [0.4, 0.5) is 0 Å². The number of hydrogen-bond acceptors (Lipinski definition) is 4. The standard InChI is InChI=1S/C13H15N3O3/c14-9-3-1-2-7-8(9)6-16(13(7)19)10-4-5-11(17)15-12(10)18/h1,3,7,10H,2,4-6,14H2,(H,15,17,18). The van der Waals surface area contributed by atoms with E-state index < -0.39 is 6.04 Å². The maximum atomic E-state index is 12.3. The molecule has 2 atom stereocenters. The number of hydrogen-bond donors (Lipinski definition) is 2. The van der Waals surface area contributed by atoms with Crippen LogP contribution in [0, 0.1) is 5.92 Å². The van der Waals surface area contributed by atoms with Gasteiger partial charge in [0.2, 0.25) is 17.7 Å². The van der Waals surface area contributed by atoms with Crippen LogP contribution in [0.1, 0.15) is 19.3 Å². The second-order valence-corrected chi connectivity index (χ2v) is 5.10. The van der Waals surface area contributed by atoms with E-state index in [2.05, 4.69) is 5.32 Å². The molecule has 2 saturated heterocycles. The molecule has 3 amide bonds. The van der Waals surface area contributed by atoms with Gasteiger partial charge in [0.05, 0.1) is 5.92 Å². The van der Waals surface area contributed by atoms with Crippen LogP contribution in [-0.4, -0.2) is 35.2 Å². The molecule has 3 rings (SSSR count). The molecule has 2 fully saturated rings. The van der Waals surface area contributed by atoms with Gasteiger partial charge in [0, 0.05) is 18.7 Å². The van der Waals surface area contributed by atoms with Crippen molar-refractivity contribution >= 4 is 17.7 Å². The molecule has 0 bridgehead atoms. The lowest BCUT2D eigenvalue weighted by Crippen LogP contribution is -2.53. The van der Waals surface area contributed by atoms with E-state index in [-0.39, 0.29) is 30.1 Å². The highest BCUT2D eigenvalue weighted by atomic mass is 16.2. The first-order valence-corrected chi connectivity index (χ1v) is 6.37. The van der Waals surface area contributed by atoms with Gasteiger partial charge in [-0.05, 0) is 24.5 Å². The Morgan fingerprint density at radius 2 is 2.11 bits per heavy atom. The molecule has 6 heteroatoms. The minimum atomic E-state index is -0.545. The van der Waals surface area contributed by atoms with Crippen LogP contribution in [0.2, 0.25) is 0 Å². The molecule has 2 unspecified atom stereocenters. The molecular weight excluding hydrogens is 246 g/mol. The topological polar surface area (TPSA) is 92.5 Å². The highest BCUT2D eigenvalue weighted by molar-refractivity contribution is 6.02. The van der Waals surface area contributed by atoms with E-state index in [1.54, 1.807) is 4.90 Å². The van der Waals surface area contributed by atoms with Gasteiger partial charge in [0.25, 0.3) is 0 Å². The Morgan fingerprint density at radius 3 is 2.79 bits per heavy atom. The molecule has 2 heterocycles. The predicted molar refractivity (Wildman–Crippen MR) is 66.3 cm³/mol. The molecule has 3 aliphatic rings. The van der Waals surface area contributed by atoms with Crippen molar-refractivity contribution in [2.45, 2.75) is 25.3 Å². The van der Waals surface area contributed by atoms with Crippen molar-refractivity contribution in [3.8, 4) is 0 Å². The molecular formula is C13H15N3O3. The number of piperidine rings is 1. The van der Waals surface area contributed by atoms with Gasteiger partial charge < -0.3 is 10.6 Å². The van der Waals surface area contributed by atoms with Crippen molar-refractivity contribution in [1.82, 2.24) is 10.2 Å². The zero-order valence-corrected chi connectivity index (χ0v) is 10.4. The molecule has 0 aromatic rings. The summed E-state index contributed by atoms with van der Waals surface area (Å²) in [6, 6.07) is -0.545. The van der Waals surface area contributed by atoms with E-state index in [9.17, 15) is 14.4 Å². The molecule has 0 saturated carbocycles. The number of nitrogens with two attached hydrogens (primary N) is 1. The Bertz CT molecular complexity index is 535. The van der Waals surface area contributed by atoms with Gasteiger partial charge in [-0.25, -0.2) is 0 Å². The fourth-order valence-electron chi connectivity index (χ4n) is 2.94. The van der Waals surface area contributed by atoms with Crippen LogP contribution in [0.15, 0.2) is 23.4 Å². The van der Waals surface area contributed by atoms with Crippen LogP contribution >= 0.6 is 0 Å². The average molecular weight is 261 g/mol. The lowest BCUT2D eigenvalue weighted by atomic mass is 9.92. The molecule has 3 N–H and O–H groups in total. The minimum absolute atomic E-state index is 0.0585.